The Kier molecular flexibility index (Phi) is 4.19. The number of hydrogen-bond donors (Lipinski definition) is 1. The molecule has 4 heteroatoms. The molecule has 0 spiro atoms. The molecule has 1 fully saturated rings. The minimum atomic E-state index is 0.459. The Morgan fingerprint density at radius 1 is 1.20 bits per heavy atom. The van der Waals surface area contributed by atoms with E-state index in [9.17, 15) is 0 Å². The van der Waals surface area contributed by atoms with Crippen LogP contribution in [0.15, 0.2) is 42.7 Å². The van der Waals surface area contributed by atoms with Crippen LogP contribution in [-0.4, -0.2) is 11.0 Å². The quantitative estimate of drug-likeness (QED) is 0.882. The molecular formula is C16H17ClN2O. The molecule has 1 aromatic carbocycles. The van der Waals surface area contributed by atoms with Crippen LogP contribution in [0, 0.1) is 0 Å². The summed E-state index contributed by atoms with van der Waals surface area (Å²) in [5.41, 5.74) is 2.23. The molecule has 1 aromatic heterocycles. The van der Waals surface area contributed by atoms with Crippen LogP contribution in [0.1, 0.15) is 24.0 Å². The van der Waals surface area contributed by atoms with Gasteiger partial charge in [-0.3, -0.25) is 4.98 Å². The third kappa shape index (κ3) is 3.71. The Labute approximate surface area is 123 Å². The van der Waals surface area contributed by atoms with Crippen molar-refractivity contribution in [3.05, 3.63) is 58.9 Å². The molecule has 1 aliphatic carbocycles. The molecule has 3 rings (SSSR count). The van der Waals surface area contributed by atoms with Crippen LogP contribution in [0.2, 0.25) is 5.02 Å². The fourth-order valence-corrected chi connectivity index (χ4v) is 2.11. The van der Waals surface area contributed by atoms with E-state index < -0.39 is 0 Å². The number of rotatable bonds is 6. The lowest BCUT2D eigenvalue weighted by molar-refractivity contribution is 0.306. The largest absolute Gasteiger partial charge is 0.489 e. The van der Waals surface area contributed by atoms with E-state index in [2.05, 4.69) is 22.4 Å². The molecule has 0 atom stereocenters. The third-order valence-corrected chi connectivity index (χ3v) is 3.69. The van der Waals surface area contributed by atoms with E-state index in [1.54, 1.807) is 12.4 Å². The van der Waals surface area contributed by atoms with Crippen molar-refractivity contribution < 1.29 is 4.74 Å². The number of ether oxygens (including phenoxy) is 1. The molecule has 20 heavy (non-hydrogen) atoms. The summed E-state index contributed by atoms with van der Waals surface area (Å²) >= 11 is 6.04. The molecule has 0 amide bonds. The van der Waals surface area contributed by atoms with Crippen LogP contribution < -0.4 is 10.1 Å². The summed E-state index contributed by atoms with van der Waals surface area (Å²) < 4.78 is 5.73. The van der Waals surface area contributed by atoms with E-state index in [0.29, 0.717) is 11.6 Å². The van der Waals surface area contributed by atoms with Gasteiger partial charge in [0, 0.05) is 30.5 Å². The first-order chi connectivity index (χ1) is 9.81. The van der Waals surface area contributed by atoms with Gasteiger partial charge in [0.25, 0.3) is 0 Å². The Balaban J connectivity index is 1.53. The smallest absolute Gasteiger partial charge is 0.119 e. The van der Waals surface area contributed by atoms with Gasteiger partial charge in [0.2, 0.25) is 0 Å². The highest BCUT2D eigenvalue weighted by atomic mass is 35.5. The van der Waals surface area contributed by atoms with Crippen LogP contribution in [0.4, 0.5) is 0 Å². The molecule has 0 radical (unpaired) electrons. The number of nitrogens with one attached hydrogen (secondary N) is 1. The highest BCUT2D eigenvalue weighted by Crippen LogP contribution is 2.20. The number of aromatic nitrogens is 1. The Hall–Kier alpha value is -1.58. The number of nitrogens with zero attached hydrogens (tertiary/aromatic N) is 1. The molecule has 0 saturated heterocycles. The van der Waals surface area contributed by atoms with Gasteiger partial charge >= 0.3 is 0 Å². The van der Waals surface area contributed by atoms with Crippen molar-refractivity contribution in [2.45, 2.75) is 32.0 Å². The fourth-order valence-electron chi connectivity index (χ4n) is 1.94. The molecule has 2 aromatic rings. The van der Waals surface area contributed by atoms with Gasteiger partial charge in [0.1, 0.15) is 12.4 Å². The van der Waals surface area contributed by atoms with Gasteiger partial charge in [-0.25, -0.2) is 0 Å². The normalized spacial score (nSPS) is 14.2. The minimum Gasteiger partial charge on any atom is -0.489 e. The Morgan fingerprint density at radius 2 is 2.00 bits per heavy atom. The highest BCUT2D eigenvalue weighted by Gasteiger charge is 2.19. The SMILES string of the molecule is Clc1cnccc1COc1ccc(CNC2CC2)cc1. The number of benzene rings is 1. The lowest BCUT2D eigenvalue weighted by Crippen LogP contribution is -2.15. The van der Waals surface area contributed by atoms with Gasteiger partial charge < -0.3 is 10.1 Å². The van der Waals surface area contributed by atoms with Gasteiger partial charge in [0.05, 0.1) is 5.02 Å². The molecule has 1 N–H and O–H groups in total. The van der Waals surface area contributed by atoms with Gasteiger partial charge in [-0.05, 0) is 36.6 Å². The van der Waals surface area contributed by atoms with Crippen molar-refractivity contribution >= 4 is 11.6 Å². The zero-order valence-electron chi connectivity index (χ0n) is 11.2. The molecule has 0 unspecified atom stereocenters. The first kappa shape index (κ1) is 13.4. The Morgan fingerprint density at radius 3 is 2.70 bits per heavy atom. The van der Waals surface area contributed by atoms with Crippen LogP contribution >= 0.6 is 11.6 Å². The van der Waals surface area contributed by atoms with Crippen LogP contribution in [-0.2, 0) is 13.2 Å². The number of pyridine rings is 1. The predicted octanol–water partition coefficient (Wildman–Crippen LogP) is 3.57. The van der Waals surface area contributed by atoms with Crippen LogP contribution in [0.3, 0.4) is 0 Å². The number of hydrogen-bond acceptors (Lipinski definition) is 3. The third-order valence-electron chi connectivity index (χ3n) is 3.35. The van der Waals surface area contributed by atoms with Gasteiger partial charge in [0.15, 0.2) is 0 Å². The van der Waals surface area contributed by atoms with Crippen LogP contribution in [0.25, 0.3) is 0 Å². The topological polar surface area (TPSA) is 34.1 Å². The number of halogens is 1. The maximum Gasteiger partial charge on any atom is 0.119 e. The zero-order chi connectivity index (χ0) is 13.8. The average molecular weight is 289 g/mol. The summed E-state index contributed by atoms with van der Waals surface area (Å²) in [6.07, 6.45) is 5.98. The van der Waals surface area contributed by atoms with Crippen molar-refractivity contribution in [1.29, 1.82) is 0 Å². The maximum absolute atomic E-state index is 6.04. The zero-order valence-corrected chi connectivity index (χ0v) is 11.9. The van der Waals surface area contributed by atoms with E-state index in [-0.39, 0.29) is 0 Å². The fraction of sp³-hybridized carbons (Fsp3) is 0.312. The summed E-state index contributed by atoms with van der Waals surface area (Å²) in [5.74, 6) is 0.855. The van der Waals surface area contributed by atoms with E-state index in [1.807, 2.05) is 18.2 Å². The molecule has 0 aliphatic heterocycles. The van der Waals surface area contributed by atoms with Gasteiger partial charge in [-0.1, -0.05) is 23.7 Å². The lowest BCUT2D eigenvalue weighted by Gasteiger charge is -2.08. The summed E-state index contributed by atoms with van der Waals surface area (Å²) in [6.45, 7) is 1.39. The average Bonchev–Trinajstić information content (AvgIpc) is 3.30. The lowest BCUT2D eigenvalue weighted by atomic mass is 10.2. The second-order valence-corrected chi connectivity index (χ2v) is 5.46. The second-order valence-electron chi connectivity index (χ2n) is 5.05. The summed E-state index contributed by atoms with van der Waals surface area (Å²) in [5, 5.41) is 4.13. The molecule has 1 saturated carbocycles. The molecule has 1 heterocycles. The van der Waals surface area contributed by atoms with Crippen molar-refractivity contribution in [2.75, 3.05) is 0 Å². The van der Waals surface area contributed by atoms with E-state index in [0.717, 1.165) is 23.9 Å². The predicted molar refractivity (Wildman–Crippen MR) is 79.9 cm³/mol. The van der Waals surface area contributed by atoms with E-state index in [4.69, 9.17) is 16.3 Å². The van der Waals surface area contributed by atoms with Crippen molar-refractivity contribution in [2.24, 2.45) is 0 Å². The first-order valence-corrected chi connectivity index (χ1v) is 7.22. The Bertz CT molecular complexity index is 567. The summed E-state index contributed by atoms with van der Waals surface area (Å²) in [4.78, 5) is 3.96. The minimum absolute atomic E-state index is 0.459. The van der Waals surface area contributed by atoms with Crippen molar-refractivity contribution in [3.63, 3.8) is 0 Å². The van der Waals surface area contributed by atoms with Crippen molar-refractivity contribution in [1.82, 2.24) is 10.3 Å². The monoisotopic (exact) mass is 288 g/mol. The molecule has 1 aliphatic rings. The van der Waals surface area contributed by atoms with Crippen LogP contribution in [0.5, 0.6) is 5.75 Å². The summed E-state index contributed by atoms with van der Waals surface area (Å²) in [6, 6.07) is 10.8. The second kappa shape index (κ2) is 6.25. The van der Waals surface area contributed by atoms with Gasteiger partial charge in [-0.15, -0.1) is 0 Å². The highest BCUT2D eigenvalue weighted by molar-refractivity contribution is 6.31. The molecule has 104 valence electrons. The van der Waals surface area contributed by atoms with Crippen molar-refractivity contribution in [3.8, 4) is 5.75 Å². The molecular weight excluding hydrogens is 272 g/mol. The van der Waals surface area contributed by atoms with Gasteiger partial charge in [-0.2, -0.15) is 0 Å². The maximum atomic E-state index is 6.04. The standard InChI is InChI=1S/C16H17ClN2O/c17-16-10-18-8-7-13(16)11-20-15-5-1-12(2-6-15)9-19-14-3-4-14/h1-2,5-8,10,14,19H,3-4,9,11H2. The molecule has 0 bridgehead atoms. The molecule has 3 nitrogen and oxygen atoms in total. The first-order valence-electron chi connectivity index (χ1n) is 6.85. The summed E-state index contributed by atoms with van der Waals surface area (Å²) in [7, 11) is 0. The van der Waals surface area contributed by atoms with E-state index in [1.165, 1.54) is 18.4 Å². The van der Waals surface area contributed by atoms with E-state index >= 15 is 0 Å².